The highest BCUT2D eigenvalue weighted by Crippen LogP contribution is 2.31. The molecule has 0 amide bonds. The average molecular weight is 325 g/mol. The molecule has 6 heteroatoms. The minimum Gasteiger partial charge on any atom is -0.330 e. The third-order valence-electron chi connectivity index (χ3n) is 4.38. The highest BCUT2D eigenvalue weighted by Gasteiger charge is 2.32. The maximum absolute atomic E-state index is 13.9. The minimum absolute atomic E-state index is 0. The van der Waals surface area contributed by atoms with Crippen LogP contribution in [0.15, 0.2) is 30.5 Å². The van der Waals surface area contributed by atoms with Gasteiger partial charge in [-0.1, -0.05) is 19.1 Å². The molecule has 1 aromatic carbocycles. The first-order chi connectivity index (χ1) is 10.1. The molecule has 0 radical (unpaired) electrons. The second-order valence-electron chi connectivity index (χ2n) is 6.23. The van der Waals surface area contributed by atoms with Crippen LogP contribution in [0.1, 0.15) is 18.9 Å². The molecule has 0 aliphatic carbocycles. The van der Waals surface area contributed by atoms with Crippen LogP contribution in [0.5, 0.6) is 0 Å². The summed E-state index contributed by atoms with van der Waals surface area (Å²) in [4.78, 5) is 2.36. The summed E-state index contributed by atoms with van der Waals surface area (Å²) in [5.74, 6) is -0.226. The standard InChI is InChI=1S/C16H21FN4.ClH/c1-16(10-18)6-7-21(11-16)9-12-8-19-20-15(12)13-4-2-3-5-14(13)17;/h2-5,8H,6-7,9-11,18H2,1H3,(H,19,20);1H. The van der Waals surface area contributed by atoms with Crippen molar-refractivity contribution in [3.63, 3.8) is 0 Å². The van der Waals surface area contributed by atoms with Crippen LogP contribution >= 0.6 is 12.4 Å². The van der Waals surface area contributed by atoms with E-state index in [2.05, 4.69) is 22.0 Å². The molecule has 4 nitrogen and oxygen atoms in total. The monoisotopic (exact) mass is 324 g/mol. The molecule has 1 atom stereocenters. The maximum atomic E-state index is 13.9. The summed E-state index contributed by atoms with van der Waals surface area (Å²) in [6, 6.07) is 6.79. The molecule has 120 valence electrons. The Bertz CT molecular complexity index is 630. The van der Waals surface area contributed by atoms with Gasteiger partial charge in [-0.05, 0) is 37.1 Å². The summed E-state index contributed by atoms with van der Waals surface area (Å²) in [6.07, 6.45) is 2.90. The molecule has 22 heavy (non-hydrogen) atoms. The number of H-pyrrole nitrogens is 1. The van der Waals surface area contributed by atoms with Gasteiger partial charge in [-0.15, -0.1) is 12.4 Å². The van der Waals surface area contributed by atoms with Gasteiger partial charge >= 0.3 is 0 Å². The Balaban J connectivity index is 0.00000176. The summed E-state index contributed by atoms with van der Waals surface area (Å²) >= 11 is 0. The van der Waals surface area contributed by atoms with Gasteiger partial charge in [-0.25, -0.2) is 4.39 Å². The molecule has 1 saturated heterocycles. The highest BCUT2D eigenvalue weighted by atomic mass is 35.5. The van der Waals surface area contributed by atoms with Gasteiger partial charge in [0.05, 0.1) is 11.9 Å². The fraction of sp³-hybridized carbons (Fsp3) is 0.438. The average Bonchev–Trinajstić information content (AvgIpc) is 3.08. The molecule has 2 heterocycles. The van der Waals surface area contributed by atoms with Gasteiger partial charge in [0.2, 0.25) is 0 Å². The van der Waals surface area contributed by atoms with Crippen molar-refractivity contribution in [2.24, 2.45) is 11.1 Å². The predicted octanol–water partition coefficient (Wildman–Crippen LogP) is 2.81. The number of aromatic nitrogens is 2. The zero-order valence-corrected chi connectivity index (χ0v) is 13.5. The highest BCUT2D eigenvalue weighted by molar-refractivity contribution is 5.85. The van der Waals surface area contributed by atoms with Crippen LogP contribution in [0.2, 0.25) is 0 Å². The number of hydrogen-bond acceptors (Lipinski definition) is 3. The molecule has 1 aliphatic heterocycles. The van der Waals surface area contributed by atoms with Crippen LogP contribution in [-0.2, 0) is 6.54 Å². The van der Waals surface area contributed by atoms with Gasteiger partial charge in [0.1, 0.15) is 5.82 Å². The summed E-state index contributed by atoms with van der Waals surface area (Å²) < 4.78 is 13.9. The van der Waals surface area contributed by atoms with Gasteiger partial charge in [-0.2, -0.15) is 5.10 Å². The first-order valence-electron chi connectivity index (χ1n) is 7.31. The number of nitrogens with zero attached hydrogens (tertiary/aromatic N) is 2. The normalized spacial score (nSPS) is 21.8. The number of halogens is 2. The number of benzene rings is 1. The Morgan fingerprint density at radius 3 is 2.86 bits per heavy atom. The molecule has 3 rings (SSSR count). The lowest BCUT2D eigenvalue weighted by atomic mass is 9.90. The third kappa shape index (κ3) is 3.32. The summed E-state index contributed by atoms with van der Waals surface area (Å²) in [5.41, 5.74) is 8.42. The molecule has 1 fully saturated rings. The first kappa shape index (κ1) is 16.9. The summed E-state index contributed by atoms with van der Waals surface area (Å²) in [6.45, 7) is 5.70. The Kier molecular flexibility index (Phi) is 5.21. The lowest BCUT2D eigenvalue weighted by Gasteiger charge is -2.22. The summed E-state index contributed by atoms with van der Waals surface area (Å²) in [5, 5.41) is 7.03. The van der Waals surface area contributed by atoms with Crippen molar-refractivity contribution < 1.29 is 4.39 Å². The Morgan fingerprint density at radius 2 is 2.18 bits per heavy atom. The van der Waals surface area contributed by atoms with E-state index >= 15 is 0 Å². The van der Waals surface area contributed by atoms with E-state index in [1.807, 2.05) is 6.07 Å². The van der Waals surface area contributed by atoms with E-state index in [0.717, 1.165) is 37.3 Å². The second-order valence-corrected chi connectivity index (χ2v) is 6.23. The lowest BCUT2D eigenvalue weighted by molar-refractivity contribution is 0.275. The molecule has 3 N–H and O–H groups in total. The SMILES string of the molecule is CC1(CN)CCN(Cc2cn[nH]c2-c2ccccc2F)C1.Cl. The largest absolute Gasteiger partial charge is 0.330 e. The van der Waals surface area contributed by atoms with Gasteiger partial charge < -0.3 is 5.73 Å². The maximum Gasteiger partial charge on any atom is 0.132 e. The van der Waals surface area contributed by atoms with Crippen LogP contribution in [0.25, 0.3) is 11.3 Å². The van der Waals surface area contributed by atoms with E-state index in [4.69, 9.17) is 5.73 Å². The number of rotatable bonds is 4. The van der Waals surface area contributed by atoms with Crippen molar-refractivity contribution in [1.82, 2.24) is 15.1 Å². The van der Waals surface area contributed by atoms with Crippen molar-refractivity contribution in [1.29, 1.82) is 0 Å². The number of aromatic amines is 1. The Labute approximate surface area is 136 Å². The van der Waals surface area contributed by atoms with Crippen LogP contribution in [0.4, 0.5) is 4.39 Å². The van der Waals surface area contributed by atoms with E-state index in [0.29, 0.717) is 12.1 Å². The molecule has 0 saturated carbocycles. The number of likely N-dealkylation sites (tertiary alicyclic amines) is 1. The van der Waals surface area contributed by atoms with E-state index < -0.39 is 0 Å². The lowest BCUT2D eigenvalue weighted by Crippen LogP contribution is -2.31. The van der Waals surface area contributed by atoms with Crippen LogP contribution in [-0.4, -0.2) is 34.7 Å². The van der Waals surface area contributed by atoms with E-state index in [1.54, 1.807) is 18.3 Å². The zero-order valence-electron chi connectivity index (χ0n) is 12.7. The van der Waals surface area contributed by atoms with Crippen molar-refractivity contribution in [2.75, 3.05) is 19.6 Å². The molecule has 2 aromatic rings. The van der Waals surface area contributed by atoms with Crippen molar-refractivity contribution in [3.8, 4) is 11.3 Å². The summed E-state index contributed by atoms with van der Waals surface area (Å²) in [7, 11) is 0. The number of nitrogens with two attached hydrogens (primary N) is 1. The van der Waals surface area contributed by atoms with Crippen molar-refractivity contribution >= 4 is 12.4 Å². The van der Waals surface area contributed by atoms with Crippen LogP contribution in [0, 0.1) is 11.2 Å². The quantitative estimate of drug-likeness (QED) is 0.909. The fourth-order valence-corrected chi connectivity index (χ4v) is 3.00. The van der Waals surface area contributed by atoms with Gasteiger partial charge in [0.25, 0.3) is 0 Å². The fourth-order valence-electron chi connectivity index (χ4n) is 3.00. The molecule has 1 aliphatic rings. The van der Waals surface area contributed by atoms with Gasteiger partial charge in [0.15, 0.2) is 0 Å². The van der Waals surface area contributed by atoms with Crippen molar-refractivity contribution in [3.05, 3.63) is 41.8 Å². The number of nitrogens with one attached hydrogen (secondary N) is 1. The van der Waals surface area contributed by atoms with Gasteiger partial charge in [0, 0.05) is 24.2 Å². The van der Waals surface area contributed by atoms with E-state index in [1.165, 1.54) is 6.07 Å². The van der Waals surface area contributed by atoms with Crippen molar-refractivity contribution in [2.45, 2.75) is 19.9 Å². The smallest absolute Gasteiger partial charge is 0.132 e. The number of hydrogen-bond donors (Lipinski definition) is 2. The van der Waals surface area contributed by atoms with E-state index in [9.17, 15) is 4.39 Å². The van der Waals surface area contributed by atoms with E-state index in [-0.39, 0.29) is 23.6 Å². The minimum atomic E-state index is -0.226. The Hall–Kier alpha value is -1.43. The Morgan fingerprint density at radius 1 is 1.41 bits per heavy atom. The topological polar surface area (TPSA) is 57.9 Å². The molecular formula is C16H22ClFN4. The molecule has 0 bridgehead atoms. The molecule has 0 spiro atoms. The zero-order chi connectivity index (χ0) is 14.9. The van der Waals surface area contributed by atoms with Gasteiger partial charge in [-0.3, -0.25) is 10.00 Å². The first-order valence-corrected chi connectivity index (χ1v) is 7.31. The molecular weight excluding hydrogens is 303 g/mol. The molecule has 1 aromatic heterocycles. The second kappa shape index (κ2) is 6.77. The molecule has 1 unspecified atom stereocenters. The van der Waals surface area contributed by atoms with Crippen LogP contribution < -0.4 is 5.73 Å². The van der Waals surface area contributed by atoms with Crippen LogP contribution in [0.3, 0.4) is 0 Å². The third-order valence-corrected chi connectivity index (χ3v) is 4.38. The predicted molar refractivity (Wildman–Crippen MR) is 88.3 cm³/mol.